The zero-order valence-electron chi connectivity index (χ0n) is 11.4. The average molecular weight is 274 g/mol. The molecule has 0 amide bonds. The van der Waals surface area contributed by atoms with Crippen LogP contribution in [0, 0.1) is 0 Å². The van der Waals surface area contributed by atoms with Crippen molar-refractivity contribution in [1.82, 2.24) is 9.97 Å². The molecule has 0 aliphatic rings. The number of nitrogens with one attached hydrogen (secondary N) is 1. The molecule has 0 aliphatic heterocycles. The van der Waals surface area contributed by atoms with Crippen molar-refractivity contribution in [3.8, 4) is 11.3 Å². The van der Waals surface area contributed by atoms with Crippen molar-refractivity contribution in [2.75, 3.05) is 0 Å². The molecule has 102 valence electrons. The number of benzene rings is 2. The quantitative estimate of drug-likeness (QED) is 0.601. The summed E-state index contributed by atoms with van der Waals surface area (Å²) in [7, 11) is 0. The van der Waals surface area contributed by atoms with E-state index in [-0.39, 0.29) is 0 Å². The summed E-state index contributed by atoms with van der Waals surface area (Å²) in [6, 6.07) is 16.8. The zero-order chi connectivity index (χ0) is 14.1. The average Bonchev–Trinajstić information content (AvgIpc) is 3.20. The summed E-state index contributed by atoms with van der Waals surface area (Å²) in [5.74, 6) is 1.89. The minimum Gasteiger partial charge on any atom is -0.464 e. The lowest BCUT2D eigenvalue weighted by atomic mass is 10.0. The highest BCUT2D eigenvalue weighted by atomic mass is 16.3. The van der Waals surface area contributed by atoms with Gasteiger partial charge in [-0.05, 0) is 34.5 Å². The molecule has 4 aromatic rings. The molecule has 3 nitrogen and oxygen atoms in total. The van der Waals surface area contributed by atoms with Crippen LogP contribution < -0.4 is 0 Å². The maximum Gasteiger partial charge on any atom is 0.133 e. The first-order valence-corrected chi connectivity index (χ1v) is 6.93. The molecule has 0 aliphatic carbocycles. The Bertz CT molecular complexity index is 862. The molecule has 0 fully saturated rings. The van der Waals surface area contributed by atoms with Crippen LogP contribution in [0.2, 0.25) is 0 Å². The molecule has 3 heteroatoms. The van der Waals surface area contributed by atoms with Gasteiger partial charge < -0.3 is 9.40 Å². The van der Waals surface area contributed by atoms with Gasteiger partial charge in [0.05, 0.1) is 6.26 Å². The first-order chi connectivity index (χ1) is 10.4. The zero-order valence-corrected chi connectivity index (χ0v) is 11.4. The number of furan rings is 1. The fourth-order valence-corrected chi connectivity index (χ4v) is 2.59. The molecule has 4 rings (SSSR count). The number of fused-ring (bicyclic) bond motifs is 1. The molecule has 2 aromatic carbocycles. The van der Waals surface area contributed by atoms with Crippen LogP contribution in [0.4, 0.5) is 0 Å². The van der Waals surface area contributed by atoms with E-state index in [9.17, 15) is 0 Å². The largest absolute Gasteiger partial charge is 0.464 e. The standard InChI is InChI=1S/C18H14N2O/c1-2-17(21-9-1)16-6-5-14-10-13(3-4-15(14)12-16)11-18-19-7-8-20-18/h1-10,12H,11H2,(H,19,20). The van der Waals surface area contributed by atoms with Gasteiger partial charge in [0.25, 0.3) is 0 Å². The van der Waals surface area contributed by atoms with E-state index in [2.05, 4.69) is 46.4 Å². The summed E-state index contributed by atoms with van der Waals surface area (Å²) in [6.45, 7) is 0. The SMILES string of the molecule is c1coc(-c2ccc3cc(Cc4ncc[nH]4)ccc3c2)c1. The maximum absolute atomic E-state index is 5.45. The molecule has 21 heavy (non-hydrogen) atoms. The number of imidazole rings is 1. The van der Waals surface area contributed by atoms with Gasteiger partial charge in [-0.2, -0.15) is 0 Å². The van der Waals surface area contributed by atoms with Gasteiger partial charge in [0, 0.05) is 24.4 Å². The third-order valence-corrected chi connectivity index (χ3v) is 3.64. The van der Waals surface area contributed by atoms with Crippen LogP contribution >= 0.6 is 0 Å². The molecular formula is C18H14N2O. The second kappa shape index (κ2) is 4.94. The third-order valence-electron chi connectivity index (χ3n) is 3.64. The first-order valence-electron chi connectivity index (χ1n) is 6.93. The summed E-state index contributed by atoms with van der Waals surface area (Å²) >= 11 is 0. The van der Waals surface area contributed by atoms with Gasteiger partial charge >= 0.3 is 0 Å². The van der Waals surface area contributed by atoms with Gasteiger partial charge in [-0.15, -0.1) is 0 Å². The third kappa shape index (κ3) is 2.34. The second-order valence-electron chi connectivity index (χ2n) is 5.09. The number of hydrogen-bond acceptors (Lipinski definition) is 2. The molecule has 0 saturated heterocycles. The van der Waals surface area contributed by atoms with Crippen molar-refractivity contribution in [3.63, 3.8) is 0 Å². The van der Waals surface area contributed by atoms with Crippen LogP contribution in [0.3, 0.4) is 0 Å². The normalized spacial score (nSPS) is 11.0. The van der Waals surface area contributed by atoms with Gasteiger partial charge in [-0.25, -0.2) is 4.98 Å². The lowest BCUT2D eigenvalue weighted by Crippen LogP contribution is -1.90. The Hall–Kier alpha value is -2.81. The van der Waals surface area contributed by atoms with Crippen LogP contribution in [0.25, 0.3) is 22.1 Å². The Kier molecular flexibility index (Phi) is 2.82. The van der Waals surface area contributed by atoms with Crippen molar-refractivity contribution in [1.29, 1.82) is 0 Å². The Morgan fingerprint density at radius 1 is 1.00 bits per heavy atom. The van der Waals surface area contributed by atoms with Crippen LogP contribution in [0.15, 0.2) is 71.6 Å². The molecule has 1 N–H and O–H groups in total. The fraction of sp³-hybridized carbons (Fsp3) is 0.0556. The van der Waals surface area contributed by atoms with E-state index < -0.39 is 0 Å². The Morgan fingerprint density at radius 3 is 2.71 bits per heavy atom. The van der Waals surface area contributed by atoms with Gasteiger partial charge in [0.15, 0.2) is 0 Å². The summed E-state index contributed by atoms with van der Waals surface area (Å²) in [6.07, 6.45) is 6.16. The van der Waals surface area contributed by atoms with Crippen molar-refractivity contribution < 1.29 is 4.42 Å². The Balaban J connectivity index is 1.71. The van der Waals surface area contributed by atoms with Crippen LogP contribution in [0.5, 0.6) is 0 Å². The van der Waals surface area contributed by atoms with Gasteiger partial charge in [-0.1, -0.05) is 30.3 Å². The van der Waals surface area contributed by atoms with Crippen LogP contribution in [-0.4, -0.2) is 9.97 Å². The molecule has 2 aromatic heterocycles. The van der Waals surface area contributed by atoms with Crippen LogP contribution in [-0.2, 0) is 6.42 Å². The van der Waals surface area contributed by atoms with E-state index in [0.29, 0.717) is 0 Å². The van der Waals surface area contributed by atoms with Crippen molar-refractivity contribution >= 4 is 10.8 Å². The lowest BCUT2D eigenvalue weighted by molar-refractivity contribution is 0.582. The maximum atomic E-state index is 5.45. The fourth-order valence-electron chi connectivity index (χ4n) is 2.59. The van der Waals surface area contributed by atoms with E-state index in [1.807, 2.05) is 18.3 Å². The van der Waals surface area contributed by atoms with Crippen molar-refractivity contribution in [2.24, 2.45) is 0 Å². The van der Waals surface area contributed by atoms with Crippen molar-refractivity contribution in [2.45, 2.75) is 6.42 Å². The number of aromatic nitrogens is 2. The number of rotatable bonds is 3. The molecule has 0 radical (unpaired) electrons. The lowest BCUT2D eigenvalue weighted by Gasteiger charge is -2.04. The highest BCUT2D eigenvalue weighted by Crippen LogP contribution is 2.25. The Morgan fingerprint density at radius 2 is 1.90 bits per heavy atom. The predicted octanol–water partition coefficient (Wildman–Crippen LogP) is 4.41. The number of H-pyrrole nitrogens is 1. The molecule has 0 spiro atoms. The van der Waals surface area contributed by atoms with Gasteiger partial charge in [0.1, 0.15) is 11.6 Å². The molecule has 0 unspecified atom stereocenters. The summed E-state index contributed by atoms with van der Waals surface area (Å²) in [5, 5.41) is 2.45. The van der Waals surface area contributed by atoms with E-state index in [1.165, 1.54) is 16.3 Å². The highest BCUT2D eigenvalue weighted by Gasteiger charge is 2.04. The molecule has 2 heterocycles. The van der Waals surface area contributed by atoms with Crippen LogP contribution in [0.1, 0.15) is 11.4 Å². The predicted molar refractivity (Wildman–Crippen MR) is 83.0 cm³/mol. The molecule has 0 bridgehead atoms. The van der Waals surface area contributed by atoms with E-state index >= 15 is 0 Å². The first kappa shape index (κ1) is 12.0. The molecule has 0 saturated carbocycles. The smallest absolute Gasteiger partial charge is 0.133 e. The van der Waals surface area contributed by atoms with Gasteiger partial charge in [0.2, 0.25) is 0 Å². The number of hydrogen-bond donors (Lipinski definition) is 1. The molecule has 0 atom stereocenters. The summed E-state index contributed by atoms with van der Waals surface area (Å²) < 4.78 is 5.45. The minimum absolute atomic E-state index is 0.822. The highest BCUT2D eigenvalue weighted by molar-refractivity contribution is 5.87. The van der Waals surface area contributed by atoms with Gasteiger partial charge in [-0.3, -0.25) is 0 Å². The van der Waals surface area contributed by atoms with E-state index in [0.717, 1.165) is 23.6 Å². The molecular weight excluding hydrogens is 260 g/mol. The minimum atomic E-state index is 0.822. The Labute approximate surface area is 122 Å². The topological polar surface area (TPSA) is 41.8 Å². The van der Waals surface area contributed by atoms with E-state index in [4.69, 9.17) is 4.42 Å². The number of nitrogens with zero attached hydrogens (tertiary/aromatic N) is 1. The number of aromatic amines is 1. The summed E-state index contributed by atoms with van der Waals surface area (Å²) in [5.41, 5.74) is 2.36. The van der Waals surface area contributed by atoms with E-state index in [1.54, 1.807) is 12.5 Å². The second-order valence-corrected chi connectivity index (χ2v) is 5.09. The van der Waals surface area contributed by atoms with Crippen molar-refractivity contribution in [3.05, 3.63) is 78.6 Å². The monoisotopic (exact) mass is 274 g/mol. The summed E-state index contributed by atoms with van der Waals surface area (Å²) in [4.78, 5) is 7.41.